The van der Waals surface area contributed by atoms with Crippen LogP contribution in [-0.4, -0.2) is 11.9 Å². The summed E-state index contributed by atoms with van der Waals surface area (Å²) in [6.45, 7) is 8.64. The first-order chi connectivity index (χ1) is 7.33. The lowest BCUT2D eigenvalue weighted by atomic mass is 9.95. The molecule has 0 atom stereocenters. The van der Waals surface area contributed by atoms with Crippen LogP contribution < -0.4 is 4.74 Å². The van der Waals surface area contributed by atoms with E-state index >= 15 is 0 Å². The summed E-state index contributed by atoms with van der Waals surface area (Å²) in [5.41, 5.74) is 2.60. The van der Waals surface area contributed by atoms with Gasteiger partial charge in [-0.05, 0) is 29.5 Å². The fraction of sp³-hybridized carbons (Fsp3) is 0.571. The van der Waals surface area contributed by atoms with Crippen LogP contribution >= 0.6 is 12.6 Å². The summed E-state index contributed by atoms with van der Waals surface area (Å²) in [5, 5.41) is 0. The molecule has 0 amide bonds. The predicted octanol–water partition coefficient (Wildman–Crippen LogP) is 4.07. The van der Waals surface area contributed by atoms with Crippen molar-refractivity contribution in [2.75, 3.05) is 7.11 Å². The third-order valence-electron chi connectivity index (χ3n) is 2.55. The Morgan fingerprint density at radius 3 is 2.38 bits per heavy atom. The molecule has 0 bridgehead atoms. The quantitative estimate of drug-likeness (QED) is 0.778. The van der Waals surface area contributed by atoms with Crippen LogP contribution in [0, 0.1) is 0 Å². The van der Waals surface area contributed by atoms with Gasteiger partial charge in [-0.2, -0.15) is 12.6 Å². The van der Waals surface area contributed by atoms with Crippen molar-refractivity contribution in [3.8, 4) is 5.75 Å². The van der Waals surface area contributed by atoms with Gasteiger partial charge in [0.1, 0.15) is 5.75 Å². The molecule has 0 saturated carbocycles. The van der Waals surface area contributed by atoms with Crippen molar-refractivity contribution in [1.82, 2.24) is 0 Å². The number of hydrogen-bond donors (Lipinski definition) is 1. The average Bonchev–Trinajstić information content (AvgIpc) is 2.15. The predicted molar refractivity (Wildman–Crippen MR) is 73.9 cm³/mol. The molecule has 0 aliphatic carbocycles. The second-order valence-corrected chi connectivity index (χ2v) is 6.43. The van der Waals surface area contributed by atoms with Gasteiger partial charge in [-0.3, -0.25) is 0 Å². The molecule has 1 rings (SSSR count). The van der Waals surface area contributed by atoms with Gasteiger partial charge in [0.25, 0.3) is 0 Å². The largest absolute Gasteiger partial charge is 0.496 e. The van der Waals surface area contributed by atoms with Gasteiger partial charge in [0.15, 0.2) is 0 Å². The molecule has 1 aromatic rings. The summed E-state index contributed by atoms with van der Waals surface area (Å²) in [7, 11) is 1.73. The van der Waals surface area contributed by atoms with E-state index < -0.39 is 0 Å². The van der Waals surface area contributed by atoms with E-state index in [1.165, 1.54) is 11.1 Å². The number of hydrogen-bond acceptors (Lipinski definition) is 2. The molecule has 90 valence electrons. The molecule has 0 spiro atoms. The highest BCUT2D eigenvalue weighted by Crippen LogP contribution is 2.29. The van der Waals surface area contributed by atoms with Gasteiger partial charge >= 0.3 is 0 Å². The molecule has 0 fully saturated rings. The average molecular weight is 238 g/mol. The van der Waals surface area contributed by atoms with E-state index in [4.69, 9.17) is 4.74 Å². The summed E-state index contributed by atoms with van der Waals surface area (Å²) in [6, 6.07) is 6.42. The van der Waals surface area contributed by atoms with E-state index in [0.717, 1.165) is 12.2 Å². The van der Waals surface area contributed by atoms with E-state index in [1.807, 2.05) is 0 Å². The molecule has 1 aromatic carbocycles. The van der Waals surface area contributed by atoms with Crippen molar-refractivity contribution >= 4 is 12.6 Å². The van der Waals surface area contributed by atoms with E-state index in [1.54, 1.807) is 7.11 Å². The third-order valence-corrected chi connectivity index (χ3v) is 2.71. The van der Waals surface area contributed by atoms with Gasteiger partial charge in [0.2, 0.25) is 0 Å². The zero-order valence-corrected chi connectivity index (χ0v) is 11.8. The molecule has 16 heavy (non-hydrogen) atoms. The number of thiol groups is 1. The molecule has 0 aliphatic heterocycles. The Morgan fingerprint density at radius 2 is 1.94 bits per heavy atom. The van der Waals surface area contributed by atoms with E-state index in [-0.39, 0.29) is 4.75 Å². The number of methoxy groups -OCH3 is 1. The Labute approximate surface area is 105 Å². The van der Waals surface area contributed by atoms with Crippen LogP contribution in [0.2, 0.25) is 0 Å². The summed E-state index contributed by atoms with van der Waals surface area (Å²) < 4.78 is 5.40. The highest BCUT2D eigenvalue weighted by atomic mass is 32.1. The summed E-state index contributed by atoms with van der Waals surface area (Å²) >= 11 is 4.57. The smallest absolute Gasteiger partial charge is 0.122 e. The monoisotopic (exact) mass is 238 g/mol. The van der Waals surface area contributed by atoms with Gasteiger partial charge < -0.3 is 4.74 Å². The molecule has 0 unspecified atom stereocenters. The molecule has 0 aliphatic rings. The molecule has 2 heteroatoms. The minimum atomic E-state index is 0.0306. The van der Waals surface area contributed by atoms with Crippen LogP contribution in [0.5, 0.6) is 5.75 Å². The Balaban J connectivity index is 3.02. The lowest BCUT2D eigenvalue weighted by Gasteiger charge is -2.19. The lowest BCUT2D eigenvalue weighted by Crippen LogP contribution is -2.14. The summed E-state index contributed by atoms with van der Waals surface area (Å²) in [6.07, 6.45) is 0.972. The Bertz CT molecular complexity index is 350. The molecule has 0 aromatic heterocycles. The minimum Gasteiger partial charge on any atom is -0.496 e. The highest BCUT2D eigenvalue weighted by Gasteiger charge is 2.14. The van der Waals surface area contributed by atoms with Crippen molar-refractivity contribution in [3.05, 3.63) is 29.3 Å². The second-order valence-electron chi connectivity index (χ2n) is 5.22. The maximum atomic E-state index is 5.37. The van der Waals surface area contributed by atoms with Crippen molar-refractivity contribution in [2.24, 2.45) is 0 Å². The van der Waals surface area contributed by atoms with Crippen molar-refractivity contribution in [3.63, 3.8) is 0 Å². The van der Waals surface area contributed by atoms with Gasteiger partial charge in [0.05, 0.1) is 7.11 Å². The molecule has 0 radical (unpaired) electrons. The zero-order valence-electron chi connectivity index (χ0n) is 10.9. The first-order valence-corrected chi connectivity index (χ1v) is 6.17. The SMILES string of the molecule is COc1ccc(CC(C)(C)S)cc1C(C)C. The first kappa shape index (κ1) is 13.4. The van der Waals surface area contributed by atoms with Gasteiger partial charge in [-0.1, -0.05) is 39.8 Å². The zero-order chi connectivity index (χ0) is 12.3. The van der Waals surface area contributed by atoms with E-state index in [9.17, 15) is 0 Å². The van der Waals surface area contributed by atoms with Gasteiger partial charge in [0, 0.05) is 4.75 Å². The van der Waals surface area contributed by atoms with Crippen LogP contribution in [0.1, 0.15) is 44.7 Å². The van der Waals surface area contributed by atoms with Crippen LogP contribution in [0.15, 0.2) is 18.2 Å². The van der Waals surface area contributed by atoms with E-state index in [2.05, 4.69) is 58.5 Å². The Kier molecular flexibility index (Phi) is 4.31. The van der Waals surface area contributed by atoms with Gasteiger partial charge in [-0.25, -0.2) is 0 Å². The normalized spacial score (nSPS) is 11.9. The molecule has 0 saturated heterocycles. The summed E-state index contributed by atoms with van der Waals surface area (Å²) in [4.78, 5) is 0. The highest BCUT2D eigenvalue weighted by molar-refractivity contribution is 7.81. The lowest BCUT2D eigenvalue weighted by molar-refractivity contribution is 0.407. The van der Waals surface area contributed by atoms with Crippen molar-refractivity contribution < 1.29 is 4.74 Å². The summed E-state index contributed by atoms with van der Waals surface area (Å²) in [5.74, 6) is 1.47. The van der Waals surface area contributed by atoms with E-state index in [0.29, 0.717) is 5.92 Å². The number of benzene rings is 1. The second kappa shape index (κ2) is 5.13. The van der Waals surface area contributed by atoms with Crippen molar-refractivity contribution in [1.29, 1.82) is 0 Å². The molecular weight excluding hydrogens is 216 g/mol. The first-order valence-electron chi connectivity index (χ1n) is 5.72. The topological polar surface area (TPSA) is 9.23 Å². The molecular formula is C14H22OS. The molecule has 1 nitrogen and oxygen atoms in total. The Hall–Kier alpha value is -0.630. The van der Waals surface area contributed by atoms with Crippen LogP contribution in [0.3, 0.4) is 0 Å². The van der Waals surface area contributed by atoms with Gasteiger partial charge in [-0.15, -0.1) is 0 Å². The van der Waals surface area contributed by atoms with Crippen LogP contribution in [0.4, 0.5) is 0 Å². The van der Waals surface area contributed by atoms with Crippen LogP contribution in [0.25, 0.3) is 0 Å². The van der Waals surface area contributed by atoms with Crippen molar-refractivity contribution in [2.45, 2.75) is 44.8 Å². The number of rotatable bonds is 4. The number of ether oxygens (including phenoxy) is 1. The molecule has 0 heterocycles. The fourth-order valence-corrected chi connectivity index (χ4v) is 2.03. The maximum Gasteiger partial charge on any atom is 0.122 e. The molecule has 0 N–H and O–H groups in total. The standard InChI is InChI=1S/C14H22OS/c1-10(2)12-8-11(9-14(3,4)16)6-7-13(12)15-5/h6-8,10,16H,9H2,1-5H3. The maximum absolute atomic E-state index is 5.37. The minimum absolute atomic E-state index is 0.0306. The van der Waals surface area contributed by atoms with Crippen LogP contribution in [-0.2, 0) is 6.42 Å². The fourth-order valence-electron chi connectivity index (χ4n) is 1.84. The Morgan fingerprint density at radius 1 is 1.31 bits per heavy atom. The third kappa shape index (κ3) is 3.75.